The monoisotopic (exact) mass is 294 g/mol. The number of hydrogen-bond acceptors (Lipinski definition) is 6. The van der Waals surface area contributed by atoms with Crippen molar-refractivity contribution < 1.29 is 9.26 Å². The topological polar surface area (TPSA) is 63.4 Å². The molecule has 118 valence electrons. The van der Waals surface area contributed by atoms with E-state index in [9.17, 15) is 0 Å². The molecule has 2 aliphatic heterocycles. The second-order valence-electron chi connectivity index (χ2n) is 6.46. The molecule has 6 heteroatoms. The Hall–Kier alpha value is -0.980. The van der Waals surface area contributed by atoms with Gasteiger partial charge in [-0.15, -0.1) is 0 Å². The highest BCUT2D eigenvalue weighted by Crippen LogP contribution is 2.24. The minimum Gasteiger partial charge on any atom is -0.367 e. The number of aromatic nitrogens is 2. The van der Waals surface area contributed by atoms with Crippen LogP contribution in [0.3, 0.4) is 0 Å². The zero-order valence-corrected chi connectivity index (χ0v) is 13.0. The number of nitrogens with zero attached hydrogens (tertiary/aromatic N) is 3. The maximum atomic E-state index is 5.73. The van der Waals surface area contributed by atoms with Gasteiger partial charge >= 0.3 is 0 Å². The molecule has 0 radical (unpaired) electrons. The van der Waals surface area contributed by atoms with Gasteiger partial charge in [0.05, 0.1) is 6.61 Å². The predicted molar refractivity (Wildman–Crippen MR) is 78.9 cm³/mol. The molecule has 3 rings (SSSR count). The Morgan fingerprint density at radius 1 is 1.48 bits per heavy atom. The first kappa shape index (κ1) is 14.9. The third kappa shape index (κ3) is 3.81. The lowest BCUT2D eigenvalue weighted by atomic mass is 9.85. The Kier molecular flexibility index (Phi) is 4.87. The first-order chi connectivity index (χ1) is 10.2. The van der Waals surface area contributed by atoms with Gasteiger partial charge < -0.3 is 19.5 Å². The largest absolute Gasteiger partial charge is 0.367 e. The van der Waals surface area contributed by atoms with Gasteiger partial charge in [-0.2, -0.15) is 4.98 Å². The van der Waals surface area contributed by atoms with E-state index in [-0.39, 0.29) is 6.10 Å². The molecule has 1 aromatic rings. The maximum Gasteiger partial charge on any atom is 0.227 e. The third-order valence-corrected chi connectivity index (χ3v) is 4.68. The van der Waals surface area contributed by atoms with E-state index < -0.39 is 0 Å². The summed E-state index contributed by atoms with van der Waals surface area (Å²) >= 11 is 0. The molecule has 21 heavy (non-hydrogen) atoms. The molecule has 3 unspecified atom stereocenters. The van der Waals surface area contributed by atoms with Crippen LogP contribution in [0.5, 0.6) is 0 Å². The van der Waals surface area contributed by atoms with E-state index in [1.807, 2.05) is 0 Å². The molecule has 2 fully saturated rings. The zero-order chi connectivity index (χ0) is 14.7. The Balaban J connectivity index is 1.56. The molecule has 3 atom stereocenters. The number of piperidine rings is 1. The van der Waals surface area contributed by atoms with Crippen LogP contribution in [0.25, 0.3) is 0 Å². The fraction of sp³-hybridized carbons (Fsp3) is 0.867. The number of likely N-dealkylation sites (N-methyl/N-ethyl adjacent to an activating group) is 1. The summed E-state index contributed by atoms with van der Waals surface area (Å²) in [6.07, 6.45) is 3.38. The fourth-order valence-electron chi connectivity index (χ4n) is 3.22. The molecule has 0 bridgehead atoms. The van der Waals surface area contributed by atoms with E-state index in [0.717, 1.165) is 45.1 Å². The maximum absolute atomic E-state index is 5.73. The molecule has 3 heterocycles. The Bertz CT molecular complexity index is 445. The van der Waals surface area contributed by atoms with E-state index >= 15 is 0 Å². The average molecular weight is 294 g/mol. The summed E-state index contributed by atoms with van der Waals surface area (Å²) in [5, 5.41) is 7.59. The van der Waals surface area contributed by atoms with Crippen molar-refractivity contribution in [1.29, 1.82) is 0 Å². The first-order valence-electron chi connectivity index (χ1n) is 8.05. The molecule has 0 amide bonds. The van der Waals surface area contributed by atoms with E-state index in [0.29, 0.717) is 17.7 Å². The van der Waals surface area contributed by atoms with Crippen LogP contribution in [-0.2, 0) is 11.2 Å². The number of rotatable bonds is 4. The highest BCUT2D eigenvalue weighted by molar-refractivity contribution is 4.95. The summed E-state index contributed by atoms with van der Waals surface area (Å²) in [5.41, 5.74) is 0. The molecule has 0 saturated carbocycles. The second-order valence-corrected chi connectivity index (χ2v) is 6.46. The summed E-state index contributed by atoms with van der Waals surface area (Å²) in [7, 11) is 2.09. The van der Waals surface area contributed by atoms with Crippen LogP contribution in [0.2, 0.25) is 0 Å². The van der Waals surface area contributed by atoms with Gasteiger partial charge in [0.25, 0.3) is 0 Å². The lowest BCUT2D eigenvalue weighted by Crippen LogP contribution is -2.35. The van der Waals surface area contributed by atoms with Crippen molar-refractivity contribution in [3.05, 3.63) is 11.7 Å². The normalized spacial score (nSPS) is 29.4. The SMILES string of the molecule is CC(Cc1nc(C2CN(C)CCO2)no1)C1CCCNC1. The van der Waals surface area contributed by atoms with Crippen LogP contribution in [-0.4, -0.2) is 54.9 Å². The molecule has 1 N–H and O–H groups in total. The van der Waals surface area contributed by atoms with Crippen molar-refractivity contribution in [2.24, 2.45) is 11.8 Å². The molecule has 6 nitrogen and oxygen atoms in total. The van der Waals surface area contributed by atoms with Gasteiger partial charge in [0.15, 0.2) is 0 Å². The van der Waals surface area contributed by atoms with Gasteiger partial charge in [-0.1, -0.05) is 12.1 Å². The van der Waals surface area contributed by atoms with Crippen molar-refractivity contribution in [2.75, 3.05) is 39.8 Å². The van der Waals surface area contributed by atoms with Crippen LogP contribution >= 0.6 is 0 Å². The number of ether oxygens (including phenoxy) is 1. The van der Waals surface area contributed by atoms with Gasteiger partial charge in [-0.05, 0) is 44.8 Å². The summed E-state index contributed by atoms with van der Waals surface area (Å²) < 4.78 is 11.2. The van der Waals surface area contributed by atoms with Crippen LogP contribution in [0.4, 0.5) is 0 Å². The minimum atomic E-state index is -0.0482. The molecule has 0 spiro atoms. The van der Waals surface area contributed by atoms with E-state index in [4.69, 9.17) is 9.26 Å². The lowest BCUT2D eigenvalue weighted by Gasteiger charge is -2.28. The molecular weight excluding hydrogens is 268 g/mol. The van der Waals surface area contributed by atoms with Crippen molar-refractivity contribution in [1.82, 2.24) is 20.4 Å². The summed E-state index contributed by atoms with van der Waals surface area (Å²) in [6.45, 7) is 7.08. The predicted octanol–water partition coefficient (Wildman–Crippen LogP) is 1.25. The van der Waals surface area contributed by atoms with Crippen LogP contribution in [0.15, 0.2) is 4.52 Å². The zero-order valence-electron chi connectivity index (χ0n) is 13.0. The first-order valence-corrected chi connectivity index (χ1v) is 8.05. The van der Waals surface area contributed by atoms with E-state index in [2.05, 4.69) is 34.3 Å². The highest BCUT2D eigenvalue weighted by Gasteiger charge is 2.26. The number of morpholine rings is 1. The van der Waals surface area contributed by atoms with Crippen LogP contribution in [0, 0.1) is 11.8 Å². The van der Waals surface area contributed by atoms with E-state index in [1.54, 1.807) is 0 Å². The Morgan fingerprint density at radius 3 is 3.14 bits per heavy atom. The Labute approximate surface area is 126 Å². The Morgan fingerprint density at radius 2 is 2.38 bits per heavy atom. The van der Waals surface area contributed by atoms with Crippen molar-refractivity contribution in [3.63, 3.8) is 0 Å². The smallest absolute Gasteiger partial charge is 0.227 e. The summed E-state index contributed by atoms with van der Waals surface area (Å²) in [6, 6.07) is 0. The van der Waals surface area contributed by atoms with E-state index in [1.165, 1.54) is 12.8 Å². The molecule has 1 aromatic heterocycles. The molecule has 2 saturated heterocycles. The van der Waals surface area contributed by atoms with Crippen molar-refractivity contribution >= 4 is 0 Å². The van der Waals surface area contributed by atoms with Crippen molar-refractivity contribution in [3.8, 4) is 0 Å². The van der Waals surface area contributed by atoms with Gasteiger partial charge in [0.2, 0.25) is 11.7 Å². The van der Waals surface area contributed by atoms with Gasteiger partial charge in [-0.25, -0.2) is 0 Å². The van der Waals surface area contributed by atoms with Crippen LogP contribution < -0.4 is 5.32 Å². The average Bonchev–Trinajstić information content (AvgIpc) is 2.97. The molecular formula is C15H26N4O2. The number of nitrogens with one attached hydrogen (secondary N) is 1. The lowest BCUT2D eigenvalue weighted by molar-refractivity contribution is -0.0264. The summed E-state index contributed by atoms with van der Waals surface area (Å²) in [5.74, 6) is 2.73. The van der Waals surface area contributed by atoms with Crippen LogP contribution in [0.1, 0.15) is 37.6 Å². The third-order valence-electron chi connectivity index (χ3n) is 4.68. The molecule has 0 aliphatic carbocycles. The van der Waals surface area contributed by atoms with Crippen molar-refractivity contribution in [2.45, 2.75) is 32.3 Å². The summed E-state index contributed by atoms with van der Waals surface area (Å²) in [4.78, 5) is 6.79. The second kappa shape index (κ2) is 6.85. The molecule has 0 aromatic carbocycles. The quantitative estimate of drug-likeness (QED) is 0.902. The van der Waals surface area contributed by atoms with Gasteiger partial charge in [0.1, 0.15) is 6.10 Å². The highest BCUT2D eigenvalue weighted by atomic mass is 16.5. The van der Waals surface area contributed by atoms with Gasteiger partial charge in [-0.3, -0.25) is 0 Å². The number of hydrogen-bond donors (Lipinski definition) is 1. The molecule has 2 aliphatic rings. The standard InChI is InChI=1S/C15H26N4O2/c1-11(12-4-3-5-16-9-12)8-14-17-15(18-21-14)13-10-19(2)6-7-20-13/h11-13,16H,3-10H2,1-2H3. The minimum absolute atomic E-state index is 0.0482. The van der Waals surface area contributed by atoms with Gasteiger partial charge in [0, 0.05) is 19.5 Å². The fourth-order valence-corrected chi connectivity index (χ4v) is 3.22.